The highest BCUT2D eigenvalue weighted by molar-refractivity contribution is 14.0. The number of hydrogen-bond donors (Lipinski definition) is 2. The fourth-order valence-corrected chi connectivity index (χ4v) is 1.93. The van der Waals surface area contributed by atoms with Gasteiger partial charge in [0.25, 0.3) is 0 Å². The number of aliphatic imine (C=N–C) groups is 1. The van der Waals surface area contributed by atoms with Gasteiger partial charge >= 0.3 is 0 Å². The lowest BCUT2D eigenvalue weighted by atomic mass is 10.3. The number of anilines is 1. The zero-order chi connectivity index (χ0) is 15.8. The first kappa shape index (κ1) is 19.4. The van der Waals surface area contributed by atoms with Crippen LogP contribution in [0.15, 0.2) is 53.5 Å². The van der Waals surface area contributed by atoms with Crippen molar-refractivity contribution in [2.45, 2.75) is 0 Å². The Morgan fingerprint density at radius 3 is 2.57 bits per heavy atom. The Kier molecular flexibility index (Phi) is 8.57. The van der Waals surface area contributed by atoms with Crippen molar-refractivity contribution < 1.29 is 9.47 Å². The maximum absolute atomic E-state index is 5.87. The second kappa shape index (κ2) is 10.2. The highest BCUT2D eigenvalue weighted by Crippen LogP contribution is 2.17. The maximum Gasteiger partial charge on any atom is 0.193 e. The quantitative estimate of drug-likeness (QED) is 0.306. The van der Waals surface area contributed by atoms with Gasteiger partial charge in [-0.15, -0.1) is 24.0 Å². The number of benzene rings is 2. The molecule has 0 radical (unpaired) electrons. The Morgan fingerprint density at radius 2 is 1.91 bits per heavy atom. The molecule has 2 rings (SSSR count). The Morgan fingerprint density at radius 1 is 1.17 bits per heavy atom. The summed E-state index contributed by atoms with van der Waals surface area (Å²) in [4.78, 5) is 4.19. The first-order valence-electron chi connectivity index (χ1n) is 6.77. The third-order valence-corrected chi connectivity index (χ3v) is 3.04. The van der Waals surface area contributed by atoms with Crippen molar-refractivity contribution in [3.05, 3.63) is 53.6 Å². The molecule has 0 aromatic heterocycles. The SMILES string of the molecule is COc1ccc(NC(N)=NCCOc2cccc(Cl)c2)cc1.I. The van der Waals surface area contributed by atoms with Crippen LogP contribution in [0.3, 0.4) is 0 Å². The molecule has 0 saturated heterocycles. The molecule has 124 valence electrons. The maximum atomic E-state index is 5.87. The van der Waals surface area contributed by atoms with Gasteiger partial charge in [0.2, 0.25) is 0 Å². The first-order chi connectivity index (χ1) is 10.7. The van der Waals surface area contributed by atoms with Crippen LogP contribution in [0.25, 0.3) is 0 Å². The van der Waals surface area contributed by atoms with Crippen LogP contribution in [0.1, 0.15) is 0 Å². The lowest BCUT2D eigenvalue weighted by molar-refractivity contribution is 0.329. The standard InChI is InChI=1S/C16H18ClN3O2.HI/c1-21-14-7-5-13(6-8-14)20-16(18)19-9-10-22-15-4-2-3-12(17)11-15;/h2-8,11H,9-10H2,1H3,(H3,18,19,20);1H. The van der Waals surface area contributed by atoms with E-state index in [-0.39, 0.29) is 24.0 Å². The normalized spacial score (nSPS) is 10.6. The molecule has 0 fully saturated rings. The lowest BCUT2D eigenvalue weighted by Crippen LogP contribution is -2.23. The second-order valence-electron chi connectivity index (χ2n) is 4.43. The molecule has 0 spiro atoms. The largest absolute Gasteiger partial charge is 0.497 e. The molecule has 0 amide bonds. The number of halogens is 2. The number of nitrogens with one attached hydrogen (secondary N) is 1. The third-order valence-electron chi connectivity index (χ3n) is 2.80. The molecule has 0 atom stereocenters. The van der Waals surface area contributed by atoms with Crippen LogP contribution in [0.4, 0.5) is 5.69 Å². The van der Waals surface area contributed by atoms with E-state index in [1.54, 1.807) is 19.2 Å². The van der Waals surface area contributed by atoms with Gasteiger partial charge in [0.1, 0.15) is 18.1 Å². The predicted molar refractivity (Wildman–Crippen MR) is 105 cm³/mol. The Balaban J connectivity index is 0.00000264. The minimum absolute atomic E-state index is 0. The Labute approximate surface area is 157 Å². The van der Waals surface area contributed by atoms with Gasteiger partial charge in [-0.25, -0.2) is 4.99 Å². The molecule has 0 heterocycles. The molecular formula is C16H19ClIN3O2. The van der Waals surface area contributed by atoms with Crippen LogP contribution >= 0.6 is 35.6 Å². The summed E-state index contributed by atoms with van der Waals surface area (Å²) in [5.74, 6) is 1.83. The van der Waals surface area contributed by atoms with Gasteiger partial charge in [-0.05, 0) is 42.5 Å². The van der Waals surface area contributed by atoms with Crippen molar-refractivity contribution in [2.24, 2.45) is 10.7 Å². The summed E-state index contributed by atoms with van der Waals surface area (Å²) in [7, 11) is 1.62. The molecule has 0 aliphatic carbocycles. The van der Waals surface area contributed by atoms with E-state index in [0.717, 1.165) is 11.4 Å². The molecule has 0 bridgehead atoms. The highest BCUT2D eigenvalue weighted by atomic mass is 127. The molecule has 5 nitrogen and oxygen atoms in total. The Bertz CT molecular complexity index is 635. The van der Waals surface area contributed by atoms with E-state index < -0.39 is 0 Å². The fourth-order valence-electron chi connectivity index (χ4n) is 1.75. The van der Waals surface area contributed by atoms with Crippen molar-refractivity contribution in [1.29, 1.82) is 0 Å². The van der Waals surface area contributed by atoms with Gasteiger partial charge in [-0.1, -0.05) is 17.7 Å². The van der Waals surface area contributed by atoms with E-state index in [9.17, 15) is 0 Å². The van der Waals surface area contributed by atoms with Gasteiger partial charge in [0, 0.05) is 10.7 Å². The molecular weight excluding hydrogens is 429 g/mol. The second-order valence-corrected chi connectivity index (χ2v) is 4.86. The summed E-state index contributed by atoms with van der Waals surface area (Å²) in [6.07, 6.45) is 0. The number of guanidine groups is 1. The average Bonchev–Trinajstić information content (AvgIpc) is 2.52. The van der Waals surface area contributed by atoms with E-state index >= 15 is 0 Å². The Hall–Kier alpha value is -1.67. The molecule has 3 N–H and O–H groups in total. The zero-order valence-electron chi connectivity index (χ0n) is 12.7. The van der Waals surface area contributed by atoms with Gasteiger partial charge < -0.3 is 20.5 Å². The van der Waals surface area contributed by atoms with Crippen LogP contribution in [-0.2, 0) is 0 Å². The number of rotatable bonds is 6. The van der Waals surface area contributed by atoms with Crippen LogP contribution in [0.5, 0.6) is 11.5 Å². The van der Waals surface area contributed by atoms with Gasteiger partial charge in [-0.2, -0.15) is 0 Å². The number of methoxy groups -OCH3 is 1. The molecule has 0 saturated carbocycles. The molecule has 0 aliphatic heterocycles. The molecule has 0 unspecified atom stereocenters. The minimum atomic E-state index is 0. The molecule has 2 aromatic carbocycles. The van der Waals surface area contributed by atoms with E-state index in [0.29, 0.717) is 29.9 Å². The van der Waals surface area contributed by atoms with E-state index in [2.05, 4.69) is 10.3 Å². The molecule has 2 aromatic rings. The summed E-state index contributed by atoms with van der Waals surface area (Å²) in [5.41, 5.74) is 6.66. The molecule has 0 aliphatic rings. The van der Waals surface area contributed by atoms with Crippen LogP contribution in [0.2, 0.25) is 5.02 Å². The third kappa shape index (κ3) is 6.96. The number of nitrogens with two attached hydrogens (primary N) is 1. The van der Waals surface area contributed by atoms with Gasteiger partial charge in [-0.3, -0.25) is 0 Å². The molecule has 7 heteroatoms. The average molecular weight is 448 g/mol. The number of hydrogen-bond acceptors (Lipinski definition) is 3. The monoisotopic (exact) mass is 447 g/mol. The zero-order valence-corrected chi connectivity index (χ0v) is 15.7. The smallest absolute Gasteiger partial charge is 0.193 e. The van der Waals surface area contributed by atoms with Crippen molar-refractivity contribution in [1.82, 2.24) is 0 Å². The number of ether oxygens (including phenoxy) is 2. The van der Waals surface area contributed by atoms with Crippen LogP contribution < -0.4 is 20.5 Å². The summed E-state index contributed by atoms with van der Waals surface area (Å²) in [5, 5.41) is 3.64. The first-order valence-corrected chi connectivity index (χ1v) is 7.14. The van der Waals surface area contributed by atoms with E-state index in [1.807, 2.05) is 36.4 Å². The minimum Gasteiger partial charge on any atom is -0.497 e. The van der Waals surface area contributed by atoms with Gasteiger partial charge in [0.15, 0.2) is 5.96 Å². The summed E-state index contributed by atoms with van der Waals surface area (Å²) in [6, 6.07) is 14.6. The van der Waals surface area contributed by atoms with Crippen molar-refractivity contribution in [3.8, 4) is 11.5 Å². The topological polar surface area (TPSA) is 68.9 Å². The lowest BCUT2D eigenvalue weighted by Gasteiger charge is -2.07. The number of nitrogens with zero attached hydrogens (tertiary/aromatic N) is 1. The van der Waals surface area contributed by atoms with Crippen molar-refractivity contribution >= 4 is 47.2 Å². The fraction of sp³-hybridized carbons (Fsp3) is 0.188. The summed E-state index contributed by atoms with van der Waals surface area (Å²) >= 11 is 5.87. The highest BCUT2D eigenvalue weighted by Gasteiger charge is 1.97. The van der Waals surface area contributed by atoms with Crippen LogP contribution in [-0.4, -0.2) is 26.2 Å². The van der Waals surface area contributed by atoms with Crippen molar-refractivity contribution in [2.75, 3.05) is 25.6 Å². The molecule has 23 heavy (non-hydrogen) atoms. The van der Waals surface area contributed by atoms with E-state index in [4.69, 9.17) is 26.8 Å². The van der Waals surface area contributed by atoms with E-state index in [1.165, 1.54) is 0 Å². The summed E-state index contributed by atoms with van der Waals surface area (Å²) in [6.45, 7) is 0.868. The van der Waals surface area contributed by atoms with Crippen LogP contribution in [0, 0.1) is 0 Å². The van der Waals surface area contributed by atoms with Crippen molar-refractivity contribution in [3.63, 3.8) is 0 Å². The summed E-state index contributed by atoms with van der Waals surface area (Å²) < 4.78 is 10.6. The van der Waals surface area contributed by atoms with Gasteiger partial charge in [0.05, 0.1) is 13.7 Å². The predicted octanol–water partition coefficient (Wildman–Crippen LogP) is 3.77.